The molecule has 1 aliphatic heterocycles. The third kappa shape index (κ3) is 3.21. The van der Waals surface area contributed by atoms with Crippen LogP contribution >= 0.6 is 0 Å². The summed E-state index contributed by atoms with van der Waals surface area (Å²) in [7, 11) is -0.753. The largest absolute Gasteiger partial charge is 0.573 e. The zero-order chi connectivity index (χ0) is 16.8. The van der Waals surface area contributed by atoms with Crippen LogP contribution in [0.15, 0.2) is 18.2 Å². The smallest absolute Gasteiger partial charge is 0.404 e. The molecule has 1 aromatic rings. The Kier molecular flexibility index (Phi) is 3.92. The van der Waals surface area contributed by atoms with Crippen molar-refractivity contribution in [1.82, 2.24) is 0 Å². The average Bonchev–Trinajstić information content (AvgIpc) is 2.57. The van der Waals surface area contributed by atoms with Crippen molar-refractivity contribution in [2.45, 2.75) is 45.3 Å². The summed E-state index contributed by atoms with van der Waals surface area (Å²) in [5, 5.41) is 9.01. The molecule has 0 N–H and O–H groups in total. The lowest BCUT2D eigenvalue weighted by Gasteiger charge is -2.32. The molecule has 118 valence electrons. The monoisotopic (exact) mass is 313 g/mol. The van der Waals surface area contributed by atoms with E-state index in [0.29, 0.717) is 5.46 Å². The van der Waals surface area contributed by atoms with Crippen LogP contribution in [0.1, 0.15) is 33.3 Å². The molecule has 0 bridgehead atoms. The van der Waals surface area contributed by atoms with E-state index in [4.69, 9.17) is 14.6 Å². The first-order valence-electron chi connectivity index (χ1n) is 6.61. The van der Waals surface area contributed by atoms with Gasteiger partial charge in [0.25, 0.3) is 0 Å². The van der Waals surface area contributed by atoms with Crippen molar-refractivity contribution in [3.05, 3.63) is 23.8 Å². The topological polar surface area (TPSA) is 51.5 Å². The van der Waals surface area contributed by atoms with Crippen molar-refractivity contribution in [2.24, 2.45) is 0 Å². The van der Waals surface area contributed by atoms with Crippen molar-refractivity contribution in [3.63, 3.8) is 0 Å². The average molecular weight is 313 g/mol. The molecule has 2 rings (SSSR count). The molecule has 1 saturated heterocycles. The summed E-state index contributed by atoms with van der Waals surface area (Å²) in [6.45, 7) is 7.44. The van der Waals surface area contributed by atoms with Crippen LogP contribution in [-0.4, -0.2) is 24.7 Å². The second-order valence-electron chi connectivity index (χ2n) is 6.00. The fourth-order valence-electron chi connectivity index (χ4n) is 1.97. The van der Waals surface area contributed by atoms with E-state index in [1.54, 1.807) is 6.07 Å². The molecule has 0 saturated carbocycles. The van der Waals surface area contributed by atoms with Crippen LogP contribution in [0, 0.1) is 11.3 Å². The zero-order valence-corrected chi connectivity index (χ0v) is 12.6. The first-order chi connectivity index (χ1) is 9.95. The number of ether oxygens (including phenoxy) is 1. The lowest BCUT2D eigenvalue weighted by Crippen LogP contribution is -2.41. The van der Waals surface area contributed by atoms with Crippen molar-refractivity contribution in [3.8, 4) is 11.8 Å². The number of hydrogen-bond acceptors (Lipinski definition) is 4. The van der Waals surface area contributed by atoms with Crippen LogP contribution in [0.2, 0.25) is 0 Å². The summed E-state index contributed by atoms with van der Waals surface area (Å²) >= 11 is 0. The second-order valence-corrected chi connectivity index (χ2v) is 6.00. The van der Waals surface area contributed by atoms with E-state index >= 15 is 0 Å². The Morgan fingerprint density at radius 3 is 2.14 bits per heavy atom. The molecule has 1 heterocycles. The summed E-state index contributed by atoms with van der Waals surface area (Å²) < 4.78 is 52.3. The molecular weight excluding hydrogens is 298 g/mol. The maximum Gasteiger partial charge on any atom is 0.573 e. The molecule has 22 heavy (non-hydrogen) atoms. The normalized spacial score (nSPS) is 19.8. The first-order valence-corrected chi connectivity index (χ1v) is 6.61. The summed E-state index contributed by atoms with van der Waals surface area (Å²) in [6, 6.07) is 5.45. The Bertz CT molecular complexity index is 607. The highest BCUT2D eigenvalue weighted by atomic mass is 19.4. The zero-order valence-electron chi connectivity index (χ0n) is 12.6. The van der Waals surface area contributed by atoms with Gasteiger partial charge in [0.15, 0.2) is 0 Å². The SMILES string of the molecule is CC1(C)OB(c2ccc(OC(F)(F)F)c(C#N)c2)OC1(C)C. The number of hydrogen-bond donors (Lipinski definition) is 0. The molecule has 0 amide bonds. The predicted octanol–water partition coefficient (Wildman–Crippen LogP) is 2.76. The van der Waals surface area contributed by atoms with Crippen molar-refractivity contribution in [2.75, 3.05) is 0 Å². The Labute approximate surface area is 126 Å². The highest BCUT2D eigenvalue weighted by molar-refractivity contribution is 6.62. The molecule has 0 spiro atoms. The summed E-state index contributed by atoms with van der Waals surface area (Å²) in [6.07, 6.45) is -4.85. The van der Waals surface area contributed by atoms with E-state index in [0.717, 1.165) is 6.07 Å². The third-order valence-corrected chi connectivity index (χ3v) is 3.88. The summed E-state index contributed by atoms with van der Waals surface area (Å²) in [4.78, 5) is 0. The van der Waals surface area contributed by atoms with E-state index in [2.05, 4.69) is 4.74 Å². The molecule has 0 radical (unpaired) electrons. The lowest BCUT2D eigenvalue weighted by molar-refractivity contribution is -0.274. The highest BCUT2D eigenvalue weighted by Gasteiger charge is 2.51. The highest BCUT2D eigenvalue weighted by Crippen LogP contribution is 2.36. The molecule has 1 aliphatic rings. The molecule has 4 nitrogen and oxygen atoms in total. The van der Waals surface area contributed by atoms with Gasteiger partial charge in [-0.25, -0.2) is 0 Å². The predicted molar refractivity (Wildman–Crippen MR) is 73.6 cm³/mol. The number of alkyl halides is 3. The van der Waals surface area contributed by atoms with Crippen LogP contribution in [0.5, 0.6) is 5.75 Å². The van der Waals surface area contributed by atoms with Gasteiger partial charge >= 0.3 is 13.5 Å². The first kappa shape index (κ1) is 16.7. The van der Waals surface area contributed by atoms with Crippen LogP contribution in [0.25, 0.3) is 0 Å². The Hall–Kier alpha value is -1.72. The van der Waals surface area contributed by atoms with Gasteiger partial charge in [0, 0.05) is 0 Å². The third-order valence-electron chi connectivity index (χ3n) is 3.88. The number of rotatable bonds is 2. The van der Waals surface area contributed by atoms with Gasteiger partial charge in [0.1, 0.15) is 11.8 Å². The Balaban J connectivity index is 2.30. The molecule has 0 aliphatic carbocycles. The molecule has 0 atom stereocenters. The minimum atomic E-state index is -4.85. The van der Waals surface area contributed by atoms with E-state index in [-0.39, 0.29) is 5.56 Å². The lowest BCUT2D eigenvalue weighted by atomic mass is 9.78. The molecule has 0 aromatic heterocycles. The van der Waals surface area contributed by atoms with Gasteiger partial charge in [-0.05, 0) is 45.3 Å². The number of benzene rings is 1. The number of nitriles is 1. The minimum absolute atomic E-state index is 0.232. The molecular formula is C14H15BF3NO3. The maximum absolute atomic E-state index is 12.3. The van der Waals surface area contributed by atoms with Crippen LogP contribution in [0.4, 0.5) is 13.2 Å². The fraction of sp³-hybridized carbons (Fsp3) is 0.500. The minimum Gasteiger partial charge on any atom is -0.404 e. The van der Waals surface area contributed by atoms with Crippen molar-refractivity contribution in [1.29, 1.82) is 5.26 Å². The van der Waals surface area contributed by atoms with E-state index < -0.39 is 30.4 Å². The van der Waals surface area contributed by atoms with Gasteiger partial charge in [-0.15, -0.1) is 13.2 Å². The van der Waals surface area contributed by atoms with Gasteiger partial charge in [0.2, 0.25) is 0 Å². The van der Waals surface area contributed by atoms with Gasteiger partial charge in [-0.3, -0.25) is 0 Å². The van der Waals surface area contributed by atoms with Gasteiger partial charge < -0.3 is 14.0 Å². The molecule has 0 unspecified atom stereocenters. The van der Waals surface area contributed by atoms with Crippen LogP contribution in [-0.2, 0) is 9.31 Å². The molecule has 1 aromatic carbocycles. The van der Waals surface area contributed by atoms with Gasteiger partial charge in [-0.1, -0.05) is 6.07 Å². The Morgan fingerprint density at radius 2 is 1.68 bits per heavy atom. The van der Waals surface area contributed by atoms with Crippen LogP contribution < -0.4 is 10.2 Å². The second kappa shape index (κ2) is 5.18. The van der Waals surface area contributed by atoms with E-state index in [1.807, 2.05) is 27.7 Å². The standard InChI is InChI=1S/C14H15BF3NO3/c1-12(2)13(3,4)22-15(21-12)10-5-6-11(9(7-10)8-19)20-14(16,17)18/h5-7H,1-4H3. The summed E-state index contributed by atoms with van der Waals surface area (Å²) in [5.74, 6) is -0.546. The molecule has 1 fully saturated rings. The maximum atomic E-state index is 12.3. The van der Waals surface area contributed by atoms with Crippen molar-refractivity contribution >= 4 is 12.6 Å². The van der Waals surface area contributed by atoms with Crippen molar-refractivity contribution < 1.29 is 27.2 Å². The van der Waals surface area contributed by atoms with E-state index in [9.17, 15) is 13.2 Å². The number of halogens is 3. The number of nitrogens with zero attached hydrogens (tertiary/aromatic N) is 1. The van der Waals surface area contributed by atoms with E-state index in [1.165, 1.54) is 12.1 Å². The van der Waals surface area contributed by atoms with Gasteiger partial charge in [-0.2, -0.15) is 5.26 Å². The van der Waals surface area contributed by atoms with Crippen LogP contribution in [0.3, 0.4) is 0 Å². The van der Waals surface area contributed by atoms with Gasteiger partial charge in [0.05, 0.1) is 16.8 Å². The molecule has 8 heteroatoms. The summed E-state index contributed by atoms with van der Waals surface area (Å²) in [5.41, 5.74) is -0.925. The quantitative estimate of drug-likeness (QED) is 0.788. The Morgan fingerprint density at radius 1 is 1.14 bits per heavy atom. The fourth-order valence-corrected chi connectivity index (χ4v) is 1.97.